The topological polar surface area (TPSA) is 102 Å². The van der Waals surface area contributed by atoms with Gasteiger partial charge in [-0.3, -0.25) is 10.5 Å². The molecule has 5 nitrogen and oxygen atoms in total. The Morgan fingerprint density at radius 2 is 2.33 bits per heavy atom. The van der Waals surface area contributed by atoms with Crippen LogP contribution in [0.5, 0.6) is 0 Å². The van der Waals surface area contributed by atoms with Gasteiger partial charge in [-0.2, -0.15) is 5.26 Å². The number of ether oxygens (including phenoxy) is 1. The Bertz CT molecular complexity index is 162. The molecule has 1 unspecified atom stereocenters. The molecular formula is C4H7N3O2. The van der Waals surface area contributed by atoms with E-state index in [1.165, 1.54) is 6.07 Å². The van der Waals surface area contributed by atoms with Crippen LogP contribution in [0, 0.1) is 11.3 Å². The molecule has 0 rings (SSSR count). The minimum atomic E-state index is -1.97. The lowest BCUT2D eigenvalue weighted by atomic mass is 10.2. The fraction of sp³-hybridized carbons (Fsp3) is 0.500. The lowest BCUT2D eigenvalue weighted by molar-refractivity contribution is -0.133. The lowest BCUT2D eigenvalue weighted by Crippen LogP contribution is -2.52. The van der Waals surface area contributed by atoms with E-state index < -0.39 is 11.6 Å². The van der Waals surface area contributed by atoms with Crippen molar-refractivity contribution >= 4 is 5.91 Å². The molecule has 0 aromatic rings. The maximum atomic E-state index is 10.2. The molecule has 0 bridgehead atoms. The fourth-order valence-electron chi connectivity index (χ4n) is 0.201. The summed E-state index contributed by atoms with van der Waals surface area (Å²) in [6, 6.07) is 1.41. The van der Waals surface area contributed by atoms with Gasteiger partial charge in [0.25, 0.3) is 11.6 Å². The predicted octanol–water partition coefficient (Wildman–Crippen LogP) is -1.70. The van der Waals surface area contributed by atoms with Gasteiger partial charge in [0.05, 0.1) is 0 Å². The summed E-state index contributed by atoms with van der Waals surface area (Å²) in [6.07, 6.45) is 0. The highest BCUT2D eigenvalue weighted by Gasteiger charge is 2.31. The van der Waals surface area contributed by atoms with E-state index in [0.29, 0.717) is 0 Å². The van der Waals surface area contributed by atoms with E-state index in [0.717, 1.165) is 7.11 Å². The van der Waals surface area contributed by atoms with E-state index >= 15 is 0 Å². The molecule has 1 amide bonds. The van der Waals surface area contributed by atoms with Crippen LogP contribution < -0.4 is 11.5 Å². The third-order valence-corrected chi connectivity index (χ3v) is 0.854. The largest absolute Gasteiger partial charge is 0.365 e. The van der Waals surface area contributed by atoms with Crippen LogP contribution in [0.15, 0.2) is 0 Å². The van der Waals surface area contributed by atoms with Crippen LogP contribution in [0.25, 0.3) is 0 Å². The Morgan fingerprint density at radius 1 is 1.89 bits per heavy atom. The summed E-state index contributed by atoms with van der Waals surface area (Å²) in [7, 11) is 1.13. The standard InChI is InChI=1S/C4H7N3O2/c1-9-4(7,2-5)3(6)8/h7H2,1H3,(H2,6,8). The van der Waals surface area contributed by atoms with Gasteiger partial charge in [-0.1, -0.05) is 0 Å². The summed E-state index contributed by atoms with van der Waals surface area (Å²) >= 11 is 0. The van der Waals surface area contributed by atoms with Gasteiger partial charge < -0.3 is 10.5 Å². The highest BCUT2D eigenvalue weighted by Crippen LogP contribution is 1.95. The van der Waals surface area contributed by atoms with Crippen LogP contribution in [0.3, 0.4) is 0 Å². The molecule has 0 saturated heterocycles. The first-order chi connectivity index (χ1) is 4.06. The van der Waals surface area contributed by atoms with Gasteiger partial charge in [0.1, 0.15) is 6.07 Å². The smallest absolute Gasteiger partial charge is 0.285 e. The molecule has 0 saturated carbocycles. The maximum Gasteiger partial charge on any atom is 0.285 e. The second-order valence-corrected chi connectivity index (χ2v) is 1.42. The summed E-state index contributed by atoms with van der Waals surface area (Å²) in [5.41, 5.74) is 7.69. The van der Waals surface area contributed by atoms with Crippen LogP contribution in [0.2, 0.25) is 0 Å². The van der Waals surface area contributed by atoms with Gasteiger partial charge in [-0.05, 0) is 0 Å². The van der Waals surface area contributed by atoms with E-state index in [1.807, 2.05) is 0 Å². The Labute approximate surface area is 52.2 Å². The Kier molecular flexibility index (Phi) is 2.13. The number of primary amides is 1. The van der Waals surface area contributed by atoms with Crippen molar-refractivity contribution in [1.29, 1.82) is 5.26 Å². The zero-order chi connectivity index (χ0) is 7.49. The normalized spacial score (nSPS) is 15.7. The van der Waals surface area contributed by atoms with E-state index in [1.54, 1.807) is 0 Å². The SMILES string of the molecule is COC(N)(C#N)C(N)=O. The molecular weight excluding hydrogens is 122 g/mol. The molecule has 1 atom stereocenters. The van der Waals surface area contributed by atoms with Crippen molar-refractivity contribution in [2.24, 2.45) is 11.5 Å². The number of rotatable bonds is 2. The van der Waals surface area contributed by atoms with Crippen molar-refractivity contribution in [2.75, 3.05) is 7.11 Å². The summed E-state index contributed by atoms with van der Waals surface area (Å²) in [5.74, 6) is -0.993. The second-order valence-electron chi connectivity index (χ2n) is 1.42. The van der Waals surface area contributed by atoms with Crippen molar-refractivity contribution < 1.29 is 9.53 Å². The average Bonchev–Trinajstić information content (AvgIpc) is 1.86. The Morgan fingerprint density at radius 3 is 2.33 bits per heavy atom. The third-order valence-electron chi connectivity index (χ3n) is 0.854. The number of nitrogens with zero attached hydrogens (tertiary/aromatic N) is 1. The summed E-state index contributed by atoms with van der Waals surface area (Å²) in [4.78, 5) is 10.2. The van der Waals surface area contributed by atoms with E-state index in [4.69, 9.17) is 11.0 Å². The van der Waals surface area contributed by atoms with Gasteiger partial charge in [0, 0.05) is 7.11 Å². The van der Waals surface area contributed by atoms with E-state index in [-0.39, 0.29) is 0 Å². The lowest BCUT2D eigenvalue weighted by Gasteiger charge is -2.13. The molecule has 0 fully saturated rings. The molecule has 0 spiro atoms. The van der Waals surface area contributed by atoms with Crippen molar-refractivity contribution in [3.63, 3.8) is 0 Å². The fourth-order valence-corrected chi connectivity index (χ4v) is 0.201. The minimum absolute atomic E-state index is 0.993. The molecule has 9 heavy (non-hydrogen) atoms. The molecule has 0 aliphatic carbocycles. The van der Waals surface area contributed by atoms with Gasteiger partial charge in [-0.25, -0.2) is 0 Å². The van der Waals surface area contributed by atoms with Crippen molar-refractivity contribution in [3.8, 4) is 6.07 Å². The first-order valence-electron chi connectivity index (χ1n) is 2.12. The number of nitrogens with two attached hydrogens (primary N) is 2. The number of carbonyl (C=O) groups is 1. The molecule has 50 valence electrons. The second kappa shape index (κ2) is 2.44. The van der Waals surface area contributed by atoms with Crippen molar-refractivity contribution in [2.45, 2.75) is 5.72 Å². The number of amides is 1. The maximum absolute atomic E-state index is 10.2. The summed E-state index contributed by atoms with van der Waals surface area (Å²) in [6.45, 7) is 0. The summed E-state index contributed by atoms with van der Waals surface area (Å²) < 4.78 is 4.29. The van der Waals surface area contributed by atoms with E-state index in [2.05, 4.69) is 10.5 Å². The molecule has 0 aromatic heterocycles. The third kappa shape index (κ3) is 1.38. The molecule has 0 aromatic carbocycles. The Balaban J connectivity index is 4.33. The number of hydrogen-bond donors (Lipinski definition) is 2. The highest BCUT2D eigenvalue weighted by molar-refractivity contribution is 5.85. The predicted molar refractivity (Wildman–Crippen MR) is 28.7 cm³/mol. The number of methoxy groups -OCH3 is 1. The highest BCUT2D eigenvalue weighted by atomic mass is 16.5. The quantitative estimate of drug-likeness (QED) is 0.433. The van der Waals surface area contributed by atoms with Crippen LogP contribution in [-0.2, 0) is 9.53 Å². The van der Waals surface area contributed by atoms with Crippen LogP contribution in [0.4, 0.5) is 0 Å². The van der Waals surface area contributed by atoms with Gasteiger partial charge in [-0.15, -0.1) is 0 Å². The molecule has 0 heterocycles. The first-order valence-corrected chi connectivity index (χ1v) is 2.12. The van der Waals surface area contributed by atoms with Crippen LogP contribution in [-0.4, -0.2) is 18.7 Å². The van der Waals surface area contributed by atoms with Crippen LogP contribution in [0.1, 0.15) is 0 Å². The van der Waals surface area contributed by atoms with Crippen LogP contribution >= 0.6 is 0 Å². The zero-order valence-corrected chi connectivity index (χ0v) is 4.92. The summed E-state index contributed by atoms with van der Waals surface area (Å²) in [5, 5.41) is 8.15. The van der Waals surface area contributed by atoms with E-state index in [9.17, 15) is 4.79 Å². The number of nitriles is 1. The van der Waals surface area contributed by atoms with Gasteiger partial charge in [0.2, 0.25) is 0 Å². The molecule has 5 heteroatoms. The molecule has 0 aliphatic rings. The Hall–Kier alpha value is -1.12. The first kappa shape index (κ1) is 7.88. The van der Waals surface area contributed by atoms with Gasteiger partial charge >= 0.3 is 0 Å². The molecule has 4 N–H and O–H groups in total. The monoisotopic (exact) mass is 129 g/mol. The van der Waals surface area contributed by atoms with Crippen molar-refractivity contribution in [3.05, 3.63) is 0 Å². The van der Waals surface area contributed by atoms with Gasteiger partial charge in [0.15, 0.2) is 0 Å². The molecule has 0 aliphatic heterocycles. The number of hydrogen-bond acceptors (Lipinski definition) is 4. The zero-order valence-electron chi connectivity index (χ0n) is 4.92. The molecule has 0 radical (unpaired) electrons. The minimum Gasteiger partial charge on any atom is -0.365 e. The van der Waals surface area contributed by atoms with Crippen molar-refractivity contribution in [1.82, 2.24) is 0 Å². The number of carbonyl (C=O) groups excluding carboxylic acids is 1. The average molecular weight is 129 g/mol.